The highest BCUT2D eigenvalue weighted by Gasteiger charge is 2.35. The average Bonchev–Trinajstić information content (AvgIpc) is 3.21. The smallest absolute Gasteiger partial charge is 0.243 e. The molecule has 1 aromatic heterocycles. The van der Waals surface area contributed by atoms with Crippen LogP contribution < -0.4 is 4.74 Å². The largest absolute Gasteiger partial charge is 0.497 e. The minimum Gasteiger partial charge on any atom is -0.497 e. The normalized spacial score (nSPS) is 15.2. The molecule has 1 aliphatic rings. The Morgan fingerprint density at radius 2 is 1.79 bits per heavy atom. The van der Waals surface area contributed by atoms with Crippen LogP contribution in [0.3, 0.4) is 0 Å². The summed E-state index contributed by atoms with van der Waals surface area (Å²) in [7, 11) is -0.325. The maximum Gasteiger partial charge on any atom is 0.243 e. The quantitative estimate of drug-likeness (QED) is 0.520. The zero-order valence-corrected chi connectivity index (χ0v) is 21.1. The molecule has 0 N–H and O–H groups in total. The van der Waals surface area contributed by atoms with Crippen LogP contribution in [0, 0.1) is 5.92 Å². The molecule has 33 heavy (non-hydrogen) atoms. The van der Waals surface area contributed by atoms with Gasteiger partial charge in [-0.3, -0.25) is 4.79 Å². The Hall–Kier alpha value is -2.32. The number of benzene rings is 1. The van der Waals surface area contributed by atoms with E-state index < -0.39 is 10.0 Å². The van der Waals surface area contributed by atoms with Gasteiger partial charge in [0.2, 0.25) is 15.9 Å². The number of carbonyl (C=O) groups is 1. The molecular weight excluding hydrogens is 438 g/mol. The Labute approximate surface area is 198 Å². The van der Waals surface area contributed by atoms with Gasteiger partial charge in [0, 0.05) is 31.5 Å². The fourth-order valence-electron chi connectivity index (χ4n) is 4.45. The predicted molar refractivity (Wildman–Crippen MR) is 129 cm³/mol. The third-order valence-corrected chi connectivity index (χ3v) is 8.19. The van der Waals surface area contributed by atoms with Crippen LogP contribution >= 0.6 is 0 Å². The van der Waals surface area contributed by atoms with Crippen LogP contribution in [0.5, 0.6) is 5.75 Å². The Morgan fingerprint density at radius 3 is 2.33 bits per heavy atom. The van der Waals surface area contributed by atoms with Gasteiger partial charge in [0.05, 0.1) is 25.1 Å². The summed E-state index contributed by atoms with van der Waals surface area (Å²) in [6.45, 7) is 5.03. The fraction of sp³-hybridized carbons (Fsp3) is 0.560. The Kier molecular flexibility index (Phi) is 8.59. The predicted octanol–water partition coefficient (Wildman–Crippen LogP) is 4.04. The van der Waals surface area contributed by atoms with E-state index in [1.54, 1.807) is 36.3 Å². The summed E-state index contributed by atoms with van der Waals surface area (Å²) in [5.41, 5.74) is 1.02. The number of aryl methyl sites for hydroxylation is 1. The molecule has 2 aromatic rings. The first kappa shape index (κ1) is 25.3. The Morgan fingerprint density at radius 1 is 1.12 bits per heavy atom. The second-order valence-corrected chi connectivity index (χ2v) is 11.2. The molecule has 1 amide bonds. The van der Waals surface area contributed by atoms with Crippen molar-refractivity contribution < 1.29 is 17.9 Å². The molecule has 1 aromatic carbocycles. The summed E-state index contributed by atoms with van der Waals surface area (Å²) in [4.78, 5) is 15.5. The zero-order chi connectivity index (χ0) is 24.0. The van der Waals surface area contributed by atoms with E-state index in [0.29, 0.717) is 18.8 Å². The lowest BCUT2D eigenvalue weighted by Crippen LogP contribution is -2.48. The molecule has 7 nitrogen and oxygen atoms in total. The molecule has 1 fully saturated rings. The number of sulfonamides is 1. The van der Waals surface area contributed by atoms with Crippen LogP contribution in [0.4, 0.5) is 0 Å². The van der Waals surface area contributed by atoms with Gasteiger partial charge in [0.1, 0.15) is 5.75 Å². The number of aromatic nitrogens is 1. The molecule has 0 saturated heterocycles. The molecule has 0 unspecified atom stereocenters. The molecule has 0 atom stereocenters. The van der Waals surface area contributed by atoms with Crippen LogP contribution in [0.1, 0.15) is 51.6 Å². The van der Waals surface area contributed by atoms with Gasteiger partial charge in [-0.15, -0.1) is 0 Å². The number of hydrogen-bond donors (Lipinski definition) is 0. The summed E-state index contributed by atoms with van der Waals surface area (Å²) in [6, 6.07) is 10.2. The molecular formula is C25H37N3O4S. The molecule has 3 rings (SSSR count). The maximum absolute atomic E-state index is 13.7. The molecule has 1 aliphatic carbocycles. The van der Waals surface area contributed by atoms with Crippen molar-refractivity contribution in [2.24, 2.45) is 13.0 Å². The van der Waals surface area contributed by atoms with Crippen molar-refractivity contribution in [2.45, 2.75) is 63.4 Å². The first-order valence-corrected chi connectivity index (χ1v) is 13.2. The van der Waals surface area contributed by atoms with E-state index in [9.17, 15) is 13.2 Å². The molecule has 0 bridgehead atoms. The first-order valence-electron chi connectivity index (χ1n) is 11.8. The lowest BCUT2D eigenvalue weighted by molar-refractivity contribution is -0.133. The van der Waals surface area contributed by atoms with Crippen molar-refractivity contribution in [3.8, 4) is 5.75 Å². The molecule has 8 heteroatoms. The minimum absolute atomic E-state index is 0.143. The maximum atomic E-state index is 13.7. The standard InChI is InChI=1S/C25H37N3O4S/c1-20(2)17-27(18-22-11-8-16-26(22)3)25(29)19-28(21-9-6-5-7-10-21)33(30,31)24-14-12-23(32-4)13-15-24/h8,11-16,20-21H,5-7,9-10,17-19H2,1-4H3. The molecule has 1 heterocycles. The van der Waals surface area contributed by atoms with Crippen LogP contribution in [-0.2, 0) is 28.4 Å². The van der Waals surface area contributed by atoms with Crippen molar-refractivity contribution in [3.05, 3.63) is 48.3 Å². The Balaban J connectivity index is 1.88. The van der Waals surface area contributed by atoms with Gasteiger partial charge in [-0.2, -0.15) is 4.31 Å². The topological polar surface area (TPSA) is 71.8 Å². The third kappa shape index (κ3) is 6.38. The molecule has 0 radical (unpaired) electrons. The van der Waals surface area contributed by atoms with Crippen LogP contribution in [0.2, 0.25) is 0 Å². The first-order chi connectivity index (χ1) is 15.7. The summed E-state index contributed by atoms with van der Waals surface area (Å²) in [5, 5.41) is 0. The Bertz CT molecular complexity index is 1010. The van der Waals surface area contributed by atoms with E-state index >= 15 is 0 Å². The van der Waals surface area contributed by atoms with Gasteiger partial charge < -0.3 is 14.2 Å². The van der Waals surface area contributed by atoms with Crippen LogP contribution in [0.15, 0.2) is 47.5 Å². The van der Waals surface area contributed by atoms with Gasteiger partial charge in [0.15, 0.2) is 0 Å². The second kappa shape index (κ2) is 11.2. The highest BCUT2D eigenvalue weighted by atomic mass is 32.2. The minimum atomic E-state index is -3.83. The fourth-order valence-corrected chi connectivity index (χ4v) is 6.08. The number of hydrogen-bond acceptors (Lipinski definition) is 4. The lowest BCUT2D eigenvalue weighted by atomic mass is 9.95. The SMILES string of the molecule is COc1ccc(S(=O)(=O)N(CC(=O)N(Cc2cccn2C)CC(C)C)C2CCCCC2)cc1. The van der Waals surface area contributed by atoms with Gasteiger partial charge in [-0.05, 0) is 55.2 Å². The number of nitrogens with zero attached hydrogens (tertiary/aromatic N) is 3. The van der Waals surface area contributed by atoms with E-state index in [2.05, 4.69) is 13.8 Å². The van der Waals surface area contributed by atoms with Crippen molar-refractivity contribution in [2.75, 3.05) is 20.2 Å². The molecule has 1 saturated carbocycles. The number of amides is 1. The monoisotopic (exact) mass is 475 g/mol. The summed E-state index contributed by atoms with van der Waals surface area (Å²) < 4.78 is 36.0. The van der Waals surface area contributed by atoms with E-state index in [-0.39, 0.29) is 29.3 Å². The van der Waals surface area contributed by atoms with Crippen molar-refractivity contribution in [3.63, 3.8) is 0 Å². The number of carbonyl (C=O) groups excluding carboxylic acids is 1. The molecule has 0 spiro atoms. The van der Waals surface area contributed by atoms with Crippen molar-refractivity contribution in [1.82, 2.24) is 13.8 Å². The summed E-state index contributed by atoms with van der Waals surface area (Å²) >= 11 is 0. The van der Waals surface area contributed by atoms with E-state index in [1.165, 1.54) is 4.31 Å². The zero-order valence-electron chi connectivity index (χ0n) is 20.2. The second-order valence-electron chi connectivity index (χ2n) is 9.30. The number of ether oxygens (including phenoxy) is 1. The van der Waals surface area contributed by atoms with Crippen LogP contribution in [0.25, 0.3) is 0 Å². The van der Waals surface area contributed by atoms with Crippen molar-refractivity contribution in [1.29, 1.82) is 0 Å². The highest BCUT2D eigenvalue weighted by molar-refractivity contribution is 7.89. The van der Waals surface area contributed by atoms with Gasteiger partial charge in [-0.1, -0.05) is 33.1 Å². The molecule has 182 valence electrons. The molecule has 0 aliphatic heterocycles. The summed E-state index contributed by atoms with van der Waals surface area (Å²) in [5.74, 6) is 0.711. The van der Waals surface area contributed by atoms with E-state index in [0.717, 1.165) is 37.8 Å². The number of methoxy groups -OCH3 is 1. The van der Waals surface area contributed by atoms with E-state index in [1.807, 2.05) is 29.9 Å². The lowest BCUT2D eigenvalue weighted by Gasteiger charge is -2.35. The third-order valence-electron chi connectivity index (χ3n) is 6.28. The van der Waals surface area contributed by atoms with Crippen molar-refractivity contribution >= 4 is 15.9 Å². The summed E-state index contributed by atoms with van der Waals surface area (Å²) in [6.07, 6.45) is 6.58. The average molecular weight is 476 g/mol. The van der Waals surface area contributed by atoms with Gasteiger partial charge >= 0.3 is 0 Å². The highest BCUT2D eigenvalue weighted by Crippen LogP contribution is 2.29. The van der Waals surface area contributed by atoms with Crippen LogP contribution in [-0.4, -0.2) is 54.3 Å². The van der Waals surface area contributed by atoms with E-state index in [4.69, 9.17) is 4.74 Å². The van der Waals surface area contributed by atoms with Gasteiger partial charge in [-0.25, -0.2) is 8.42 Å². The number of rotatable bonds is 10. The van der Waals surface area contributed by atoms with Gasteiger partial charge in [0.25, 0.3) is 0 Å².